The van der Waals surface area contributed by atoms with E-state index in [1.807, 2.05) is 0 Å². The molecule has 5 fully saturated rings. The lowest BCUT2D eigenvalue weighted by Crippen LogP contribution is -2.56. The fourth-order valence-corrected chi connectivity index (χ4v) is 9.55. The minimum atomic E-state index is -0.428. The lowest BCUT2D eigenvalue weighted by molar-refractivity contribution is -0.255. The van der Waals surface area contributed by atoms with E-state index < -0.39 is 11.9 Å². The van der Waals surface area contributed by atoms with Crippen molar-refractivity contribution in [3.63, 3.8) is 0 Å². The standard InChI is InChI=1S/C27H40O4/c1-15-7-10-27(30-14-15)16(2)24-22(31-27)13-21-19-6-5-17-11-18(28)12-23(29)26(17,4)20(19)8-9-25(21,24)3/h5,16,18-24,28-29H,1,6-14H2,2-4H3. The van der Waals surface area contributed by atoms with Gasteiger partial charge in [0.05, 0.1) is 24.9 Å². The number of allylic oxidation sites excluding steroid dienone is 1. The molecule has 4 heteroatoms. The monoisotopic (exact) mass is 428 g/mol. The number of hydrogen-bond acceptors (Lipinski definition) is 4. The Morgan fingerprint density at radius 1 is 1.13 bits per heavy atom. The quantitative estimate of drug-likeness (QED) is 0.554. The zero-order valence-electron chi connectivity index (χ0n) is 19.5. The summed E-state index contributed by atoms with van der Waals surface area (Å²) in [4.78, 5) is 0. The SMILES string of the molecule is C=C1CCC2(OC1)OC1CC3C4CC=C5CC(O)CC(O)C5(C)C4CCC3(C)C1C2C. The van der Waals surface area contributed by atoms with Crippen molar-refractivity contribution in [2.24, 2.45) is 40.4 Å². The fourth-order valence-electron chi connectivity index (χ4n) is 9.55. The summed E-state index contributed by atoms with van der Waals surface area (Å²) >= 11 is 0. The number of hydrogen-bond donors (Lipinski definition) is 2. The third kappa shape index (κ3) is 2.62. The number of rotatable bonds is 0. The summed E-state index contributed by atoms with van der Waals surface area (Å²) in [7, 11) is 0. The van der Waals surface area contributed by atoms with Crippen molar-refractivity contribution < 1.29 is 19.7 Å². The van der Waals surface area contributed by atoms with Gasteiger partial charge in [-0.15, -0.1) is 0 Å². The molecule has 4 nitrogen and oxygen atoms in total. The molecule has 4 aliphatic carbocycles. The first-order valence-corrected chi connectivity index (χ1v) is 12.7. The molecule has 172 valence electrons. The maximum atomic E-state index is 11.1. The van der Waals surface area contributed by atoms with Crippen LogP contribution in [0.15, 0.2) is 23.8 Å². The fraction of sp³-hybridized carbons (Fsp3) is 0.852. The van der Waals surface area contributed by atoms with Gasteiger partial charge in [0, 0.05) is 24.2 Å². The highest BCUT2D eigenvalue weighted by Gasteiger charge is 2.69. The first-order valence-electron chi connectivity index (χ1n) is 12.7. The van der Waals surface area contributed by atoms with Crippen molar-refractivity contribution in [2.45, 2.75) is 96.2 Å². The van der Waals surface area contributed by atoms with Crippen LogP contribution >= 0.6 is 0 Å². The number of fused-ring (bicyclic) bond motifs is 7. The number of aliphatic hydroxyl groups is 2. The van der Waals surface area contributed by atoms with Crippen LogP contribution in [0.25, 0.3) is 0 Å². The molecule has 6 rings (SSSR count). The van der Waals surface area contributed by atoms with E-state index >= 15 is 0 Å². The Morgan fingerprint density at radius 2 is 1.94 bits per heavy atom. The highest BCUT2D eigenvalue weighted by Crippen LogP contribution is 2.70. The van der Waals surface area contributed by atoms with Crippen LogP contribution < -0.4 is 0 Å². The minimum absolute atomic E-state index is 0.165. The Kier molecular flexibility index (Phi) is 4.50. The molecule has 0 aromatic rings. The molecule has 0 aromatic carbocycles. The first kappa shape index (κ1) is 20.9. The number of aliphatic hydroxyl groups excluding tert-OH is 2. The third-order valence-corrected chi connectivity index (χ3v) is 11.2. The van der Waals surface area contributed by atoms with Gasteiger partial charge in [-0.05, 0) is 67.6 Å². The Bertz CT molecular complexity index is 808. The van der Waals surface area contributed by atoms with Gasteiger partial charge in [-0.3, -0.25) is 0 Å². The van der Waals surface area contributed by atoms with Crippen LogP contribution in [0.3, 0.4) is 0 Å². The summed E-state index contributed by atoms with van der Waals surface area (Å²) in [6.07, 6.45) is 9.75. The summed E-state index contributed by atoms with van der Waals surface area (Å²) in [5.41, 5.74) is 2.63. The second-order valence-electron chi connectivity index (χ2n) is 12.3. The maximum absolute atomic E-state index is 11.1. The molecule has 0 radical (unpaired) electrons. The van der Waals surface area contributed by atoms with Gasteiger partial charge in [-0.1, -0.05) is 44.6 Å². The second-order valence-corrected chi connectivity index (χ2v) is 12.3. The van der Waals surface area contributed by atoms with E-state index in [1.54, 1.807) is 0 Å². The third-order valence-electron chi connectivity index (χ3n) is 11.2. The van der Waals surface area contributed by atoms with Crippen LogP contribution in [-0.2, 0) is 9.47 Å². The van der Waals surface area contributed by atoms with E-state index in [0.717, 1.165) is 32.1 Å². The van der Waals surface area contributed by atoms with Gasteiger partial charge in [0.1, 0.15) is 0 Å². The first-order chi connectivity index (χ1) is 14.7. The van der Waals surface area contributed by atoms with Crippen LogP contribution in [-0.4, -0.2) is 40.9 Å². The van der Waals surface area contributed by atoms with Crippen LogP contribution in [0.2, 0.25) is 0 Å². The molecular formula is C27H40O4. The molecule has 0 amide bonds. The van der Waals surface area contributed by atoms with Gasteiger partial charge in [-0.2, -0.15) is 0 Å². The van der Waals surface area contributed by atoms with Crippen LogP contribution in [0, 0.1) is 40.4 Å². The molecule has 2 aliphatic heterocycles. The summed E-state index contributed by atoms with van der Waals surface area (Å²) < 4.78 is 13.2. The normalized spacial score (nSPS) is 58.4. The molecule has 2 heterocycles. The van der Waals surface area contributed by atoms with Crippen molar-refractivity contribution >= 4 is 0 Å². The Hall–Kier alpha value is -0.680. The van der Waals surface area contributed by atoms with Crippen LogP contribution in [0.4, 0.5) is 0 Å². The van der Waals surface area contributed by atoms with Crippen molar-refractivity contribution in [2.75, 3.05) is 6.61 Å². The van der Waals surface area contributed by atoms with E-state index in [1.165, 1.54) is 24.0 Å². The molecule has 3 saturated carbocycles. The highest BCUT2D eigenvalue weighted by molar-refractivity contribution is 5.28. The van der Waals surface area contributed by atoms with Gasteiger partial charge in [0.2, 0.25) is 0 Å². The lowest BCUT2D eigenvalue weighted by atomic mass is 9.46. The van der Waals surface area contributed by atoms with Gasteiger partial charge in [-0.25, -0.2) is 0 Å². The Morgan fingerprint density at radius 3 is 2.68 bits per heavy atom. The van der Waals surface area contributed by atoms with Crippen LogP contribution in [0.1, 0.15) is 72.1 Å². The van der Waals surface area contributed by atoms with Gasteiger partial charge < -0.3 is 19.7 Å². The highest BCUT2D eigenvalue weighted by atomic mass is 16.7. The summed E-state index contributed by atoms with van der Waals surface area (Å²) in [6.45, 7) is 12.0. The average molecular weight is 429 g/mol. The predicted octanol–water partition coefficient (Wildman–Crippen LogP) is 4.60. The van der Waals surface area contributed by atoms with Gasteiger partial charge in [0.15, 0.2) is 5.79 Å². The maximum Gasteiger partial charge on any atom is 0.172 e. The van der Waals surface area contributed by atoms with Gasteiger partial charge >= 0.3 is 0 Å². The van der Waals surface area contributed by atoms with E-state index in [-0.39, 0.29) is 16.9 Å². The van der Waals surface area contributed by atoms with E-state index in [4.69, 9.17) is 9.47 Å². The predicted molar refractivity (Wildman–Crippen MR) is 119 cm³/mol. The summed E-state index contributed by atoms with van der Waals surface area (Å²) in [5, 5.41) is 21.4. The topological polar surface area (TPSA) is 58.9 Å². The zero-order valence-corrected chi connectivity index (χ0v) is 19.5. The minimum Gasteiger partial charge on any atom is -0.393 e. The molecule has 0 bridgehead atoms. The smallest absolute Gasteiger partial charge is 0.172 e. The molecule has 2 saturated heterocycles. The Balaban J connectivity index is 1.30. The van der Waals surface area contributed by atoms with Crippen molar-refractivity contribution in [1.82, 2.24) is 0 Å². The van der Waals surface area contributed by atoms with E-state index in [2.05, 4.69) is 33.4 Å². The van der Waals surface area contributed by atoms with E-state index in [9.17, 15) is 10.2 Å². The van der Waals surface area contributed by atoms with Crippen molar-refractivity contribution in [3.05, 3.63) is 23.8 Å². The van der Waals surface area contributed by atoms with E-state index in [0.29, 0.717) is 48.7 Å². The molecule has 0 aromatic heterocycles. The van der Waals surface area contributed by atoms with Crippen molar-refractivity contribution in [3.8, 4) is 0 Å². The molecular weight excluding hydrogens is 388 g/mol. The van der Waals surface area contributed by atoms with Crippen LogP contribution in [0.5, 0.6) is 0 Å². The average Bonchev–Trinajstić information content (AvgIpc) is 3.16. The molecule has 11 atom stereocenters. The Labute approximate surface area is 187 Å². The number of ether oxygens (including phenoxy) is 2. The summed E-state index contributed by atoms with van der Waals surface area (Å²) in [6, 6.07) is 0. The molecule has 31 heavy (non-hydrogen) atoms. The van der Waals surface area contributed by atoms with Crippen molar-refractivity contribution in [1.29, 1.82) is 0 Å². The second kappa shape index (κ2) is 6.68. The molecule has 1 spiro atoms. The summed E-state index contributed by atoms with van der Waals surface area (Å²) in [5.74, 6) is 2.35. The molecule has 11 unspecified atom stereocenters. The lowest BCUT2D eigenvalue weighted by Gasteiger charge is -2.59. The zero-order chi connectivity index (χ0) is 21.8. The van der Waals surface area contributed by atoms with Gasteiger partial charge in [0.25, 0.3) is 0 Å². The largest absolute Gasteiger partial charge is 0.393 e. The molecule has 6 aliphatic rings. The molecule has 2 N–H and O–H groups in total.